The number of rotatable bonds is 9. The molecule has 1 heterocycles. The van der Waals surface area contributed by atoms with Crippen LogP contribution >= 0.6 is 11.8 Å². The van der Waals surface area contributed by atoms with Gasteiger partial charge in [0.2, 0.25) is 0 Å². The molecule has 0 aliphatic carbocycles. The van der Waals surface area contributed by atoms with Crippen molar-refractivity contribution in [3.63, 3.8) is 0 Å². The Morgan fingerprint density at radius 1 is 1.47 bits per heavy atom. The summed E-state index contributed by atoms with van der Waals surface area (Å²) in [6.45, 7) is 6.38. The minimum atomic E-state index is 0.505. The summed E-state index contributed by atoms with van der Waals surface area (Å²) in [5.41, 5.74) is 1.15. The monoisotopic (exact) mass is 255 g/mol. The Bertz CT molecular complexity index is 299. The largest absolute Gasteiger partial charge is 0.311 e. The van der Waals surface area contributed by atoms with E-state index in [0.717, 1.165) is 25.2 Å². The van der Waals surface area contributed by atoms with Gasteiger partial charge >= 0.3 is 0 Å². The molecule has 1 unspecified atom stereocenters. The summed E-state index contributed by atoms with van der Waals surface area (Å²) in [6, 6.07) is 2.62. The second-order valence-electron chi connectivity index (χ2n) is 4.42. The summed E-state index contributed by atoms with van der Waals surface area (Å²) in [7, 11) is 0. The normalized spacial score (nSPS) is 12.9. The number of aromatic nitrogens is 2. The summed E-state index contributed by atoms with van der Waals surface area (Å²) < 4.78 is 2.06. The van der Waals surface area contributed by atoms with E-state index in [1.807, 2.05) is 11.8 Å². The van der Waals surface area contributed by atoms with Crippen molar-refractivity contribution < 1.29 is 0 Å². The highest BCUT2D eigenvalue weighted by atomic mass is 32.2. The maximum atomic E-state index is 4.57. The first-order chi connectivity index (χ1) is 8.27. The van der Waals surface area contributed by atoms with Gasteiger partial charge < -0.3 is 5.32 Å². The van der Waals surface area contributed by atoms with Crippen LogP contribution in [0.15, 0.2) is 12.3 Å². The Kier molecular flexibility index (Phi) is 7.37. The van der Waals surface area contributed by atoms with E-state index in [1.54, 1.807) is 0 Å². The first kappa shape index (κ1) is 14.6. The molecule has 1 aromatic rings. The standard InChI is InChI=1S/C13H25N3S/c1-4-12(2)16-9-7-13(15-16)11-14-8-5-6-10-17-3/h7,9,12,14H,4-6,8,10-11H2,1-3H3. The van der Waals surface area contributed by atoms with Crippen LogP contribution in [-0.2, 0) is 6.54 Å². The van der Waals surface area contributed by atoms with Crippen molar-refractivity contribution in [3.05, 3.63) is 18.0 Å². The minimum absolute atomic E-state index is 0.505. The quantitative estimate of drug-likeness (QED) is 0.688. The van der Waals surface area contributed by atoms with Crippen molar-refractivity contribution >= 4 is 11.8 Å². The zero-order chi connectivity index (χ0) is 12.5. The van der Waals surface area contributed by atoms with Gasteiger partial charge in [-0.15, -0.1) is 0 Å². The summed E-state index contributed by atoms with van der Waals surface area (Å²) in [5, 5.41) is 8.01. The van der Waals surface area contributed by atoms with Gasteiger partial charge in [0.1, 0.15) is 0 Å². The predicted molar refractivity (Wildman–Crippen MR) is 76.6 cm³/mol. The van der Waals surface area contributed by atoms with E-state index in [9.17, 15) is 0 Å². The Balaban J connectivity index is 2.16. The lowest BCUT2D eigenvalue weighted by atomic mass is 10.3. The molecule has 3 nitrogen and oxygen atoms in total. The highest BCUT2D eigenvalue weighted by molar-refractivity contribution is 7.98. The van der Waals surface area contributed by atoms with Crippen LogP contribution in [0.1, 0.15) is 44.8 Å². The molecular weight excluding hydrogens is 230 g/mol. The fourth-order valence-corrected chi connectivity index (χ4v) is 2.11. The molecule has 1 aromatic heterocycles. The van der Waals surface area contributed by atoms with E-state index in [-0.39, 0.29) is 0 Å². The predicted octanol–water partition coefficient (Wildman–Crippen LogP) is 3.09. The van der Waals surface area contributed by atoms with Crippen molar-refractivity contribution in [3.8, 4) is 0 Å². The fraction of sp³-hybridized carbons (Fsp3) is 0.769. The summed E-state index contributed by atoms with van der Waals surface area (Å²) in [5.74, 6) is 1.27. The Labute approximate surface area is 109 Å². The topological polar surface area (TPSA) is 29.9 Å². The Morgan fingerprint density at radius 3 is 3.00 bits per heavy atom. The minimum Gasteiger partial charge on any atom is -0.311 e. The molecule has 0 bridgehead atoms. The molecular formula is C13H25N3S. The molecule has 0 radical (unpaired) electrons. The molecule has 98 valence electrons. The van der Waals surface area contributed by atoms with E-state index in [4.69, 9.17) is 0 Å². The molecule has 0 spiro atoms. The Morgan fingerprint density at radius 2 is 2.29 bits per heavy atom. The third kappa shape index (κ3) is 5.59. The average Bonchev–Trinajstić information content (AvgIpc) is 2.81. The fourth-order valence-electron chi connectivity index (χ4n) is 1.62. The van der Waals surface area contributed by atoms with Gasteiger partial charge in [-0.3, -0.25) is 4.68 Å². The number of nitrogens with one attached hydrogen (secondary N) is 1. The van der Waals surface area contributed by atoms with Crippen LogP contribution in [0, 0.1) is 0 Å². The highest BCUT2D eigenvalue weighted by Crippen LogP contribution is 2.08. The maximum Gasteiger partial charge on any atom is 0.0762 e. The van der Waals surface area contributed by atoms with Gasteiger partial charge in [-0.25, -0.2) is 0 Å². The zero-order valence-electron chi connectivity index (χ0n) is 11.3. The lowest BCUT2D eigenvalue weighted by molar-refractivity contribution is 0.471. The summed E-state index contributed by atoms with van der Waals surface area (Å²) >= 11 is 1.92. The Hall–Kier alpha value is -0.480. The molecule has 0 aliphatic rings. The summed E-state index contributed by atoms with van der Waals surface area (Å²) in [4.78, 5) is 0. The van der Waals surface area contributed by atoms with Crippen LogP contribution in [0.4, 0.5) is 0 Å². The first-order valence-electron chi connectivity index (χ1n) is 6.51. The van der Waals surface area contributed by atoms with Gasteiger partial charge in [0.05, 0.1) is 5.69 Å². The first-order valence-corrected chi connectivity index (χ1v) is 7.91. The maximum absolute atomic E-state index is 4.57. The highest BCUT2D eigenvalue weighted by Gasteiger charge is 2.03. The second kappa shape index (κ2) is 8.59. The lowest BCUT2D eigenvalue weighted by Gasteiger charge is -2.08. The van der Waals surface area contributed by atoms with Crippen molar-refractivity contribution in [2.75, 3.05) is 18.6 Å². The molecule has 17 heavy (non-hydrogen) atoms. The third-order valence-corrected chi connectivity index (χ3v) is 3.66. The van der Waals surface area contributed by atoms with E-state index in [2.05, 4.69) is 47.5 Å². The molecule has 1 rings (SSSR count). The van der Waals surface area contributed by atoms with Gasteiger partial charge in [-0.2, -0.15) is 16.9 Å². The van der Waals surface area contributed by atoms with Gasteiger partial charge in [-0.05, 0) is 50.8 Å². The van der Waals surface area contributed by atoms with Gasteiger partial charge in [0, 0.05) is 18.8 Å². The van der Waals surface area contributed by atoms with Crippen LogP contribution in [0.2, 0.25) is 0 Å². The SMILES string of the molecule is CCC(C)n1ccc(CNCCCCSC)n1. The number of thioether (sulfide) groups is 1. The average molecular weight is 255 g/mol. The van der Waals surface area contributed by atoms with Crippen molar-refractivity contribution in [2.45, 2.75) is 45.7 Å². The number of unbranched alkanes of at least 4 members (excludes halogenated alkanes) is 1. The van der Waals surface area contributed by atoms with Gasteiger partial charge in [0.25, 0.3) is 0 Å². The van der Waals surface area contributed by atoms with E-state index in [0.29, 0.717) is 6.04 Å². The molecule has 0 aromatic carbocycles. The number of nitrogens with zero attached hydrogens (tertiary/aromatic N) is 2. The van der Waals surface area contributed by atoms with Crippen molar-refractivity contribution in [2.24, 2.45) is 0 Å². The smallest absolute Gasteiger partial charge is 0.0762 e. The van der Waals surface area contributed by atoms with E-state index >= 15 is 0 Å². The molecule has 0 amide bonds. The molecule has 1 atom stereocenters. The zero-order valence-corrected chi connectivity index (χ0v) is 12.1. The number of hydrogen-bond acceptors (Lipinski definition) is 3. The molecule has 0 saturated carbocycles. The van der Waals surface area contributed by atoms with E-state index in [1.165, 1.54) is 18.6 Å². The van der Waals surface area contributed by atoms with Crippen LogP contribution in [0.5, 0.6) is 0 Å². The third-order valence-electron chi connectivity index (χ3n) is 2.96. The number of hydrogen-bond donors (Lipinski definition) is 1. The summed E-state index contributed by atoms with van der Waals surface area (Å²) in [6.07, 6.45) is 7.93. The second-order valence-corrected chi connectivity index (χ2v) is 5.41. The molecule has 1 N–H and O–H groups in total. The van der Waals surface area contributed by atoms with Crippen LogP contribution in [0.3, 0.4) is 0 Å². The van der Waals surface area contributed by atoms with E-state index < -0.39 is 0 Å². The van der Waals surface area contributed by atoms with Crippen LogP contribution < -0.4 is 5.32 Å². The molecule has 4 heteroatoms. The van der Waals surface area contributed by atoms with Gasteiger partial charge in [0.15, 0.2) is 0 Å². The lowest BCUT2D eigenvalue weighted by Crippen LogP contribution is -2.15. The molecule has 0 fully saturated rings. The van der Waals surface area contributed by atoms with Crippen LogP contribution in [-0.4, -0.2) is 28.3 Å². The molecule has 0 aliphatic heterocycles. The van der Waals surface area contributed by atoms with Crippen molar-refractivity contribution in [1.29, 1.82) is 0 Å². The van der Waals surface area contributed by atoms with Gasteiger partial charge in [-0.1, -0.05) is 6.92 Å². The van der Waals surface area contributed by atoms with Crippen molar-refractivity contribution in [1.82, 2.24) is 15.1 Å². The van der Waals surface area contributed by atoms with Crippen LogP contribution in [0.25, 0.3) is 0 Å². The molecule has 0 saturated heterocycles.